The van der Waals surface area contributed by atoms with E-state index in [4.69, 9.17) is 5.73 Å². The van der Waals surface area contributed by atoms with Gasteiger partial charge in [-0.25, -0.2) is 4.98 Å². The van der Waals surface area contributed by atoms with Gasteiger partial charge in [0.05, 0.1) is 0 Å². The minimum atomic E-state index is -0.0334. The second-order valence-corrected chi connectivity index (χ2v) is 8.53. The van der Waals surface area contributed by atoms with Crippen LogP contribution in [0.1, 0.15) is 38.3 Å². The van der Waals surface area contributed by atoms with Crippen molar-refractivity contribution in [1.29, 1.82) is 0 Å². The highest BCUT2D eigenvalue weighted by molar-refractivity contribution is 5.98. The van der Waals surface area contributed by atoms with Gasteiger partial charge in [-0.1, -0.05) is 29.8 Å². The monoisotopic (exact) mass is 416 g/mol. The minimum absolute atomic E-state index is 0.0334. The summed E-state index contributed by atoms with van der Waals surface area (Å²) in [5.74, 6) is 0.449. The Morgan fingerprint density at radius 3 is 2.16 bits per heavy atom. The summed E-state index contributed by atoms with van der Waals surface area (Å²) in [5.41, 5.74) is 15.0. The zero-order valence-electron chi connectivity index (χ0n) is 19.6. The molecule has 0 aliphatic rings. The van der Waals surface area contributed by atoms with Gasteiger partial charge < -0.3 is 15.5 Å². The van der Waals surface area contributed by atoms with Gasteiger partial charge in [-0.2, -0.15) is 0 Å². The molecule has 1 heterocycles. The molecule has 3 aromatic rings. The summed E-state index contributed by atoms with van der Waals surface area (Å²) in [5, 5.41) is 0. The molecular weight excluding hydrogens is 384 g/mol. The van der Waals surface area contributed by atoms with E-state index in [1.165, 1.54) is 5.56 Å². The van der Waals surface area contributed by atoms with E-state index in [-0.39, 0.29) is 5.91 Å². The van der Waals surface area contributed by atoms with Crippen LogP contribution < -0.4 is 10.6 Å². The highest BCUT2D eigenvalue weighted by atomic mass is 16.2. The molecule has 5 nitrogen and oxygen atoms in total. The average Bonchev–Trinajstić information content (AvgIpc) is 2.70. The molecule has 5 heteroatoms. The molecule has 0 aliphatic heterocycles. The Morgan fingerprint density at radius 2 is 1.58 bits per heavy atom. The van der Waals surface area contributed by atoms with Gasteiger partial charge in [0.2, 0.25) is 0 Å². The number of nitrogens with zero attached hydrogens (tertiary/aromatic N) is 3. The Morgan fingerprint density at radius 1 is 0.935 bits per heavy atom. The summed E-state index contributed by atoms with van der Waals surface area (Å²) >= 11 is 0. The van der Waals surface area contributed by atoms with Gasteiger partial charge in [0.25, 0.3) is 5.91 Å². The van der Waals surface area contributed by atoms with Crippen molar-refractivity contribution in [2.75, 3.05) is 31.8 Å². The molecule has 31 heavy (non-hydrogen) atoms. The predicted molar refractivity (Wildman–Crippen MR) is 130 cm³/mol. The highest BCUT2D eigenvalue weighted by Crippen LogP contribution is 2.31. The molecule has 1 aromatic heterocycles. The molecule has 2 N–H and O–H groups in total. The topological polar surface area (TPSA) is 62.5 Å². The van der Waals surface area contributed by atoms with Crippen LogP contribution >= 0.6 is 0 Å². The predicted octanol–water partition coefficient (Wildman–Crippen LogP) is 4.90. The fourth-order valence-corrected chi connectivity index (χ4v) is 3.91. The van der Waals surface area contributed by atoms with Gasteiger partial charge in [-0.05, 0) is 68.1 Å². The lowest BCUT2D eigenvalue weighted by molar-refractivity contribution is 0.0784. The minimum Gasteiger partial charge on any atom is -0.383 e. The number of carbonyl (C=O) groups excluding carboxylic acids is 1. The van der Waals surface area contributed by atoms with Crippen molar-refractivity contribution in [2.45, 2.75) is 34.2 Å². The van der Waals surface area contributed by atoms with E-state index < -0.39 is 0 Å². The van der Waals surface area contributed by atoms with Gasteiger partial charge in [0.1, 0.15) is 5.82 Å². The fraction of sp³-hybridized carbons (Fsp3) is 0.308. The quantitative estimate of drug-likeness (QED) is 0.642. The number of anilines is 2. The van der Waals surface area contributed by atoms with E-state index in [2.05, 4.69) is 47.1 Å². The Labute approximate surface area is 185 Å². The molecule has 2 aromatic carbocycles. The Kier molecular flexibility index (Phi) is 6.34. The number of hydrogen-bond acceptors (Lipinski definition) is 4. The van der Waals surface area contributed by atoms with Crippen LogP contribution in [0.2, 0.25) is 0 Å². The van der Waals surface area contributed by atoms with E-state index in [9.17, 15) is 4.79 Å². The molecule has 0 bridgehead atoms. The standard InChI is InChI=1S/C26H32N4O/c1-16-8-10-20(11-9-16)21-13-22(19(4)24(14-21)29(5)6)26(31)30(7)15-23-17(2)12-18(3)28-25(23)27/h8-14H,15H2,1-7H3,(H2,27,28). The molecule has 162 valence electrons. The highest BCUT2D eigenvalue weighted by Gasteiger charge is 2.20. The third-order valence-corrected chi connectivity index (χ3v) is 5.73. The molecule has 0 aliphatic carbocycles. The van der Waals surface area contributed by atoms with Gasteiger partial charge in [0.15, 0.2) is 0 Å². The molecule has 3 rings (SSSR count). The summed E-state index contributed by atoms with van der Waals surface area (Å²) < 4.78 is 0. The lowest BCUT2D eigenvalue weighted by Gasteiger charge is -2.24. The van der Waals surface area contributed by atoms with E-state index in [0.717, 1.165) is 39.2 Å². The second kappa shape index (κ2) is 8.80. The maximum atomic E-state index is 13.5. The maximum absolute atomic E-state index is 13.5. The SMILES string of the molecule is Cc1ccc(-c2cc(C(=O)N(C)Cc3c(C)cc(C)nc3N)c(C)c(N(C)C)c2)cc1. The van der Waals surface area contributed by atoms with Crippen LogP contribution in [0, 0.1) is 27.7 Å². The van der Waals surface area contributed by atoms with Crippen LogP contribution in [0.3, 0.4) is 0 Å². The van der Waals surface area contributed by atoms with Gasteiger partial charge in [-0.15, -0.1) is 0 Å². The summed E-state index contributed by atoms with van der Waals surface area (Å²) in [6.07, 6.45) is 0. The van der Waals surface area contributed by atoms with Crippen LogP contribution in [0.25, 0.3) is 11.1 Å². The van der Waals surface area contributed by atoms with Gasteiger partial charge in [-0.3, -0.25) is 4.79 Å². The number of nitrogen functional groups attached to an aromatic ring is 1. The maximum Gasteiger partial charge on any atom is 0.254 e. The van der Waals surface area contributed by atoms with Crippen molar-refractivity contribution in [3.8, 4) is 11.1 Å². The van der Waals surface area contributed by atoms with Crippen molar-refractivity contribution in [3.05, 3.63) is 76.0 Å². The van der Waals surface area contributed by atoms with Crippen molar-refractivity contribution >= 4 is 17.4 Å². The number of aryl methyl sites for hydroxylation is 3. The van der Waals surface area contributed by atoms with Crippen LogP contribution in [0.5, 0.6) is 0 Å². The number of rotatable bonds is 5. The van der Waals surface area contributed by atoms with E-state index in [1.54, 1.807) is 4.90 Å². The first-order chi connectivity index (χ1) is 14.6. The van der Waals surface area contributed by atoms with Crippen molar-refractivity contribution in [2.24, 2.45) is 0 Å². The number of amides is 1. The lowest BCUT2D eigenvalue weighted by atomic mass is 9.96. The zero-order chi connectivity index (χ0) is 22.9. The van der Waals surface area contributed by atoms with E-state index in [1.807, 2.05) is 54.0 Å². The zero-order valence-corrected chi connectivity index (χ0v) is 19.6. The lowest BCUT2D eigenvalue weighted by Crippen LogP contribution is -2.28. The van der Waals surface area contributed by atoms with E-state index >= 15 is 0 Å². The summed E-state index contributed by atoms with van der Waals surface area (Å²) in [6, 6.07) is 14.5. The molecule has 0 fully saturated rings. The molecular formula is C26H32N4O. The molecule has 0 saturated heterocycles. The average molecular weight is 417 g/mol. The number of hydrogen-bond donors (Lipinski definition) is 1. The number of carbonyl (C=O) groups is 1. The molecule has 0 saturated carbocycles. The first-order valence-corrected chi connectivity index (χ1v) is 10.5. The largest absolute Gasteiger partial charge is 0.383 e. The fourth-order valence-electron chi connectivity index (χ4n) is 3.91. The number of pyridine rings is 1. The second-order valence-electron chi connectivity index (χ2n) is 8.53. The van der Waals surface area contributed by atoms with Crippen LogP contribution in [-0.4, -0.2) is 36.9 Å². The van der Waals surface area contributed by atoms with Crippen LogP contribution in [0.4, 0.5) is 11.5 Å². The molecule has 0 unspecified atom stereocenters. The van der Waals surface area contributed by atoms with Crippen molar-refractivity contribution in [1.82, 2.24) is 9.88 Å². The van der Waals surface area contributed by atoms with Crippen LogP contribution in [-0.2, 0) is 6.54 Å². The molecule has 0 spiro atoms. The first-order valence-electron chi connectivity index (χ1n) is 10.5. The summed E-state index contributed by atoms with van der Waals surface area (Å²) in [6.45, 7) is 8.41. The third kappa shape index (κ3) is 4.71. The molecule has 0 atom stereocenters. The van der Waals surface area contributed by atoms with Gasteiger partial charge in [0, 0.05) is 50.2 Å². The third-order valence-electron chi connectivity index (χ3n) is 5.73. The Hall–Kier alpha value is -3.34. The van der Waals surface area contributed by atoms with Crippen molar-refractivity contribution < 1.29 is 4.79 Å². The number of aromatic nitrogens is 1. The Bertz CT molecular complexity index is 1090. The number of nitrogens with two attached hydrogens (primary N) is 1. The van der Waals surface area contributed by atoms with E-state index in [0.29, 0.717) is 17.9 Å². The smallest absolute Gasteiger partial charge is 0.254 e. The Balaban J connectivity index is 2.02. The molecule has 1 amide bonds. The van der Waals surface area contributed by atoms with Gasteiger partial charge >= 0.3 is 0 Å². The van der Waals surface area contributed by atoms with Crippen molar-refractivity contribution in [3.63, 3.8) is 0 Å². The molecule has 0 radical (unpaired) electrons. The number of benzene rings is 2. The summed E-state index contributed by atoms with van der Waals surface area (Å²) in [4.78, 5) is 21.7. The summed E-state index contributed by atoms with van der Waals surface area (Å²) in [7, 11) is 5.82. The first kappa shape index (κ1) is 22.3. The normalized spacial score (nSPS) is 10.8. The van der Waals surface area contributed by atoms with Crippen LogP contribution in [0.15, 0.2) is 42.5 Å².